The minimum atomic E-state index is -1.08. The molecule has 1 amide bonds. The molecule has 4 aliphatic heterocycles. The minimum Gasteiger partial charge on any atom is -0.493 e. The average molecular weight is 989 g/mol. The first-order valence-electron chi connectivity index (χ1n) is 24.2. The van der Waals surface area contributed by atoms with E-state index in [1.165, 1.54) is 22.3 Å². The van der Waals surface area contributed by atoms with E-state index < -0.39 is 41.8 Å². The maximum absolute atomic E-state index is 14.8. The number of likely N-dealkylation sites (N-methyl/N-ethyl adjacent to an activating group) is 1. The van der Waals surface area contributed by atoms with Crippen molar-refractivity contribution in [1.29, 1.82) is 5.26 Å². The summed E-state index contributed by atoms with van der Waals surface area (Å²) in [6.45, 7) is 13.9. The monoisotopic (exact) mass is 988 g/mol. The molecular formula is C55H64N4O11S. The molecule has 376 valence electrons. The van der Waals surface area contributed by atoms with Gasteiger partial charge in [-0.25, -0.2) is 9.59 Å². The third-order valence-electron chi connectivity index (χ3n) is 14.2. The van der Waals surface area contributed by atoms with E-state index in [0.29, 0.717) is 60.6 Å². The van der Waals surface area contributed by atoms with Crippen molar-refractivity contribution in [2.45, 2.75) is 95.2 Å². The molecule has 0 aromatic heterocycles. The van der Waals surface area contributed by atoms with Crippen LogP contribution in [0.3, 0.4) is 0 Å². The molecule has 1 saturated heterocycles. The molecule has 0 radical (unpaired) electrons. The Morgan fingerprint density at radius 3 is 2.35 bits per heavy atom. The van der Waals surface area contributed by atoms with Crippen LogP contribution >= 0.6 is 11.8 Å². The normalized spacial score (nSPS) is 21.1. The molecule has 0 spiro atoms. The fourth-order valence-electron chi connectivity index (χ4n) is 11.4. The molecule has 1 aliphatic carbocycles. The number of carbonyl (C=O) groups excluding carboxylic acids is 2. The molecule has 6 atom stereocenters. The summed E-state index contributed by atoms with van der Waals surface area (Å²) >= 11 is 1.56. The summed E-state index contributed by atoms with van der Waals surface area (Å²) in [5.74, 6) is 3.17. The second-order valence-electron chi connectivity index (χ2n) is 19.6. The fraction of sp³-hybridized carbons (Fsp3) is 0.473. The second kappa shape index (κ2) is 21.0. The van der Waals surface area contributed by atoms with Crippen LogP contribution in [0.15, 0.2) is 67.3 Å². The lowest BCUT2D eigenvalue weighted by atomic mass is 9.71. The standard InChI is InChI=1S/C55H64N4O11S/c1-10-19-65-49-32(3)50-52(69-30-68-50)46-38(49)24-42-47-45-33(22-31(2)48(63-9)51(45)67-29-64-21-20-62-8)23-41(58(47)7)43(25-56)59(42)44(46)26-66-53(60)40(57-54(61)70-55(4,5)6)28-71-27-39-36-17-13-11-15-34(36)35-16-12-14-18-37(35)39/h10-18,22,39-44,47H,1,19-21,23-24,26-30H2,2-9H3,(H,57,61)/t40-,41+,42?,43?,44+,47+/m1/s1. The summed E-state index contributed by atoms with van der Waals surface area (Å²) < 4.78 is 54.9. The Balaban J connectivity index is 1.09. The summed E-state index contributed by atoms with van der Waals surface area (Å²) in [6, 6.07) is 18.2. The van der Waals surface area contributed by atoms with E-state index >= 15 is 0 Å². The number of nitrogens with zero attached hydrogens (tertiary/aromatic N) is 3. The summed E-state index contributed by atoms with van der Waals surface area (Å²) in [5, 5.41) is 14.2. The van der Waals surface area contributed by atoms with Crippen LogP contribution in [0, 0.1) is 25.2 Å². The number of fused-ring (bicyclic) bond motifs is 12. The van der Waals surface area contributed by atoms with Crippen LogP contribution in [0.4, 0.5) is 4.79 Å². The van der Waals surface area contributed by atoms with Gasteiger partial charge >= 0.3 is 12.1 Å². The number of esters is 1. The Bertz CT molecular complexity index is 2670. The third-order valence-corrected chi connectivity index (χ3v) is 15.3. The fourth-order valence-corrected chi connectivity index (χ4v) is 12.6. The molecule has 2 bridgehead atoms. The molecule has 71 heavy (non-hydrogen) atoms. The summed E-state index contributed by atoms with van der Waals surface area (Å²) in [5.41, 5.74) is 9.29. The number of nitrogens with one attached hydrogen (secondary N) is 1. The van der Waals surface area contributed by atoms with E-state index in [-0.39, 0.29) is 50.6 Å². The van der Waals surface area contributed by atoms with Gasteiger partial charge < -0.3 is 47.9 Å². The number of nitriles is 1. The first kappa shape index (κ1) is 50.0. The predicted octanol–water partition coefficient (Wildman–Crippen LogP) is 8.36. The van der Waals surface area contributed by atoms with Crippen LogP contribution in [-0.4, -0.2) is 124 Å². The zero-order valence-corrected chi connectivity index (χ0v) is 42.7. The molecule has 16 heteroatoms. The molecule has 15 nitrogen and oxygen atoms in total. The maximum Gasteiger partial charge on any atom is 0.408 e. The van der Waals surface area contributed by atoms with Crippen LogP contribution in [0.5, 0.6) is 28.7 Å². The van der Waals surface area contributed by atoms with Gasteiger partial charge in [-0.1, -0.05) is 67.3 Å². The molecular weight excluding hydrogens is 925 g/mol. The Morgan fingerprint density at radius 2 is 1.68 bits per heavy atom. The molecule has 2 unspecified atom stereocenters. The molecule has 4 aromatic carbocycles. The van der Waals surface area contributed by atoms with Crippen molar-refractivity contribution in [2.75, 3.05) is 72.8 Å². The van der Waals surface area contributed by atoms with Crippen LogP contribution in [0.2, 0.25) is 0 Å². The zero-order chi connectivity index (χ0) is 50.1. The number of thioether (sulfide) groups is 1. The molecule has 1 N–H and O–H groups in total. The van der Waals surface area contributed by atoms with Gasteiger partial charge in [0.2, 0.25) is 6.79 Å². The van der Waals surface area contributed by atoms with Gasteiger partial charge in [-0.05, 0) is 87.9 Å². The molecule has 9 rings (SSSR count). The highest BCUT2D eigenvalue weighted by molar-refractivity contribution is 7.99. The van der Waals surface area contributed by atoms with Gasteiger partial charge in [0.15, 0.2) is 29.8 Å². The second-order valence-corrected chi connectivity index (χ2v) is 20.7. The quantitative estimate of drug-likeness (QED) is 0.0438. The Hall–Kier alpha value is -5.96. The van der Waals surface area contributed by atoms with Gasteiger partial charge in [0, 0.05) is 58.9 Å². The summed E-state index contributed by atoms with van der Waals surface area (Å²) in [6.07, 6.45) is 1.92. The van der Waals surface area contributed by atoms with Crippen molar-refractivity contribution < 1.29 is 52.2 Å². The lowest BCUT2D eigenvalue weighted by Gasteiger charge is -2.60. The van der Waals surface area contributed by atoms with E-state index in [1.807, 2.05) is 13.8 Å². The van der Waals surface area contributed by atoms with Gasteiger partial charge in [-0.15, -0.1) is 0 Å². The number of hydrogen-bond acceptors (Lipinski definition) is 15. The largest absolute Gasteiger partial charge is 0.493 e. The van der Waals surface area contributed by atoms with Gasteiger partial charge in [-0.2, -0.15) is 17.0 Å². The van der Waals surface area contributed by atoms with Crippen molar-refractivity contribution in [2.24, 2.45) is 0 Å². The number of aryl methyl sites for hydroxylation is 1. The Morgan fingerprint density at radius 1 is 0.958 bits per heavy atom. The minimum absolute atomic E-state index is 0.0200. The maximum atomic E-state index is 14.8. The molecule has 1 fully saturated rings. The van der Waals surface area contributed by atoms with Crippen LogP contribution in [0.25, 0.3) is 11.1 Å². The van der Waals surface area contributed by atoms with E-state index in [0.717, 1.165) is 33.4 Å². The number of alkyl carbamates (subject to hydrolysis) is 1. The lowest BCUT2D eigenvalue weighted by Crippen LogP contribution is -2.68. The lowest BCUT2D eigenvalue weighted by molar-refractivity contribution is -0.151. The van der Waals surface area contributed by atoms with E-state index in [4.69, 9.17) is 42.6 Å². The molecule has 5 aliphatic rings. The topological polar surface area (TPSA) is 160 Å². The van der Waals surface area contributed by atoms with Crippen LogP contribution in [0.1, 0.15) is 83.3 Å². The smallest absolute Gasteiger partial charge is 0.408 e. The predicted molar refractivity (Wildman–Crippen MR) is 269 cm³/mol. The first-order valence-corrected chi connectivity index (χ1v) is 25.3. The van der Waals surface area contributed by atoms with E-state index in [9.17, 15) is 14.9 Å². The highest BCUT2D eigenvalue weighted by Gasteiger charge is 2.57. The van der Waals surface area contributed by atoms with Crippen molar-refractivity contribution in [3.63, 3.8) is 0 Å². The molecule has 4 heterocycles. The van der Waals surface area contributed by atoms with Crippen molar-refractivity contribution in [3.05, 3.63) is 112 Å². The third kappa shape index (κ3) is 9.50. The SMILES string of the molecule is C=CCOc1c(C)c2c(c3c1CC1[C@H]4c5c(cc(C)c(OC)c5OCOCCOC)C[C@@H](C(C#N)N1[C@H]3COC(=O)[C@@H](CSCC1c3ccccc3-c3ccccc31)NC(=O)OC(C)(C)C)N4C)OCO2. The molecule has 4 aromatic rings. The van der Waals surface area contributed by atoms with Crippen molar-refractivity contribution in [3.8, 4) is 45.9 Å². The summed E-state index contributed by atoms with van der Waals surface area (Å²) in [7, 11) is 5.31. The first-order chi connectivity index (χ1) is 34.3. The molecule has 0 saturated carbocycles. The average Bonchev–Trinajstić information content (AvgIpc) is 3.96. The van der Waals surface area contributed by atoms with E-state index in [2.05, 4.69) is 89.4 Å². The number of carbonyl (C=O) groups is 2. The number of ether oxygens (including phenoxy) is 9. The Kier molecular flexibility index (Phi) is 14.8. The number of methoxy groups -OCH3 is 2. The number of hydrogen-bond donors (Lipinski definition) is 1. The summed E-state index contributed by atoms with van der Waals surface area (Å²) in [4.78, 5) is 32.8. The van der Waals surface area contributed by atoms with Gasteiger partial charge in [0.25, 0.3) is 0 Å². The highest BCUT2D eigenvalue weighted by atomic mass is 32.2. The number of rotatable bonds is 18. The van der Waals surface area contributed by atoms with Crippen LogP contribution < -0.4 is 29.0 Å². The van der Waals surface area contributed by atoms with Crippen molar-refractivity contribution >= 4 is 23.8 Å². The van der Waals surface area contributed by atoms with Gasteiger partial charge in [0.05, 0.1) is 38.5 Å². The van der Waals surface area contributed by atoms with Gasteiger partial charge in [-0.3, -0.25) is 9.80 Å². The Labute approximate surface area is 420 Å². The van der Waals surface area contributed by atoms with Crippen molar-refractivity contribution in [1.82, 2.24) is 15.1 Å². The number of amides is 1. The zero-order valence-electron chi connectivity index (χ0n) is 41.8. The van der Waals surface area contributed by atoms with Gasteiger partial charge in [0.1, 0.15) is 36.6 Å². The van der Waals surface area contributed by atoms with E-state index in [1.54, 1.807) is 52.8 Å². The number of benzene rings is 4. The highest BCUT2D eigenvalue weighted by Crippen LogP contribution is 2.59. The van der Waals surface area contributed by atoms with Crippen LogP contribution in [-0.2, 0) is 36.6 Å². The number of piperazine rings is 1.